The summed E-state index contributed by atoms with van der Waals surface area (Å²) in [6.07, 6.45) is 0. The molecule has 0 saturated heterocycles. The maximum absolute atomic E-state index is 13.4. The van der Waals surface area contributed by atoms with Gasteiger partial charge in [-0.1, -0.05) is 59.6 Å². The standard InChI is InChI=1S/C29H24Cl2N4O4S/c1-20(21-7-6-10-25(18-21)32-29(37)22-8-5-9-24(31)17-22)33-34-28(36)19-35(26-15-13-23(30)14-16-26)40(38,39)27-11-3-2-4-12-27/h2-18H,19H2,1H3,(H,32,37)(H,34,36)/b33-20+. The number of hydrazone groups is 1. The van der Waals surface area contributed by atoms with Crippen LogP contribution in [0.3, 0.4) is 0 Å². The lowest BCUT2D eigenvalue weighted by Crippen LogP contribution is -2.39. The minimum absolute atomic E-state index is 0.0362. The molecule has 0 radical (unpaired) electrons. The molecule has 4 rings (SSSR count). The summed E-state index contributed by atoms with van der Waals surface area (Å²) in [5.74, 6) is -0.983. The van der Waals surface area contributed by atoms with Crippen molar-refractivity contribution in [3.8, 4) is 0 Å². The van der Waals surface area contributed by atoms with Crippen LogP contribution in [0.25, 0.3) is 0 Å². The normalized spacial score (nSPS) is 11.5. The van der Waals surface area contributed by atoms with E-state index in [4.69, 9.17) is 23.2 Å². The molecule has 11 heteroatoms. The number of carbonyl (C=O) groups is 2. The molecule has 8 nitrogen and oxygen atoms in total. The van der Waals surface area contributed by atoms with E-state index in [2.05, 4.69) is 15.8 Å². The average Bonchev–Trinajstić information content (AvgIpc) is 2.95. The summed E-state index contributed by atoms with van der Waals surface area (Å²) >= 11 is 12.0. The molecule has 0 spiro atoms. The Labute approximate surface area is 242 Å². The summed E-state index contributed by atoms with van der Waals surface area (Å²) in [5.41, 5.74) is 4.70. The molecule has 4 aromatic rings. The summed E-state index contributed by atoms with van der Waals surface area (Å²) in [5, 5.41) is 7.83. The van der Waals surface area contributed by atoms with Gasteiger partial charge in [-0.15, -0.1) is 0 Å². The first-order valence-electron chi connectivity index (χ1n) is 12.0. The third kappa shape index (κ3) is 7.26. The lowest BCUT2D eigenvalue weighted by Gasteiger charge is -2.23. The van der Waals surface area contributed by atoms with E-state index in [1.165, 1.54) is 24.3 Å². The molecule has 0 unspecified atom stereocenters. The number of sulfonamides is 1. The molecule has 0 heterocycles. The quantitative estimate of drug-likeness (QED) is 0.183. The first-order valence-corrected chi connectivity index (χ1v) is 14.2. The molecule has 204 valence electrons. The smallest absolute Gasteiger partial charge is 0.264 e. The monoisotopic (exact) mass is 594 g/mol. The minimum Gasteiger partial charge on any atom is -0.322 e. The molecule has 0 aliphatic heterocycles. The van der Waals surface area contributed by atoms with Crippen molar-refractivity contribution in [2.45, 2.75) is 11.8 Å². The molecule has 40 heavy (non-hydrogen) atoms. The number of nitrogens with one attached hydrogen (secondary N) is 2. The Balaban J connectivity index is 1.49. The van der Waals surface area contributed by atoms with Gasteiger partial charge < -0.3 is 5.32 Å². The average molecular weight is 596 g/mol. The van der Waals surface area contributed by atoms with Gasteiger partial charge in [0.05, 0.1) is 16.3 Å². The molecule has 0 bridgehead atoms. The predicted octanol–water partition coefficient (Wildman–Crippen LogP) is 5.98. The second kappa shape index (κ2) is 12.8. The van der Waals surface area contributed by atoms with Gasteiger partial charge in [0.25, 0.3) is 21.8 Å². The van der Waals surface area contributed by atoms with Gasteiger partial charge in [-0.2, -0.15) is 5.10 Å². The SMILES string of the molecule is C/C(=N\NC(=O)CN(c1ccc(Cl)cc1)S(=O)(=O)c1ccccc1)c1cccc(NC(=O)c2cccc(Cl)c2)c1. The highest BCUT2D eigenvalue weighted by Gasteiger charge is 2.27. The zero-order valence-electron chi connectivity index (χ0n) is 21.2. The first-order chi connectivity index (χ1) is 19.1. The number of nitrogens with zero attached hydrogens (tertiary/aromatic N) is 2. The molecule has 0 fully saturated rings. The van der Waals surface area contributed by atoms with Gasteiger partial charge in [0.2, 0.25) is 0 Å². The Morgan fingerprint density at radius 3 is 2.17 bits per heavy atom. The number of halogens is 2. The topological polar surface area (TPSA) is 108 Å². The Morgan fingerprint density at radius 2 is 1.48 bits per heavy atom. The van der Waals surface area contributed by atoms with Crippen LogP contribution in [0.4, 0.5) is 11.4 Å². The third-order valence-corrected chi connectivity index (χ3v) is 7.98. The lowest BCUT2D eigenvalue weighted by atomic mass is 10.1. The number of carbonyl (C=O) groups excluding carboxylic acids is 2. The lowest BCUT2D eigenvalue weighted by molar-refractivity contribution is -0.119. The van der Waals surface area contributed by atoms with Crippen molar-refractivity contribution in [3.63, 3.8) is 0 Å². The largest absolute Gasteiger partial charge is 0.322 e. The highest BCUT2D eigenvalue weighted by Crippen LogP contribution is 2.25. The Hall–Kier alpha value is -4.18. The fourth-order valence-corrected chi connectivity index (χ4v) is 5.43. The molecule has 0 aromatic heterocycles. The number of benzene rings is 4. The van der Waals surface area contributed by atoms with Gasteiger partial charge in [0.1, 0.15) is 6.54 Å². The highest BCUT2D eigenvalue weighted by atomic mass is 35.5. The van der Waals surface area contributed by atoms with Crippen LogP contribution in [0.2, 0.25) is 10.0 Å². The van der Waals surface area contributed by atoms with Crippen LogP contribution in [-0.2, 0) is 14.8 Å². The third-order valence-electron chi connectivity index (χ3n) is 5.71. The van der Waals surface area contributed by atoms with Crippen molar-refractivity contribution in [2.75, 3.05) is 16.2 Å². The van der Waals surface area contributed by atoms with Gasteiger partial charge >= 0.3 is 0 Å². The first kappa shape index (κ1) is 28.8. The van der Waals surface area contributed by atoms with E-state index < -0.39 is 22.5 Å². The number of hydrogen-bond donors (Lipinski definition) is 2. The second-order valence-electron chi connectivity index (χ2n) is 8.58. The van der Waals surface area contributed by atoms with Crippen molar-refractivity contribution in [1.82, 2.24) is 5.43 Å². The van der Waals surface area contributed by atoms with Crippen LogP contribution >= 0.6 is 23.2 Å². The van der Waals surface area contributed by atoms with Crippen LogP contribution in [0, 0.1) is 0 Å². The maximum Gasteiger partial charge on any atom is 0.264 e. The van der Waals surface area contributed by atoms with Gasteiger partial charge in [0, 0.05) is 21.3 Å². The zero-order valence-corrected chi connectivity index (χ0v) is 23.5. The van der Waals surface area contributed by atoms with E-state index in [-0.39, 0.29) is 16.5 Å². The van der Waals surface area contributed by atoms with Gasteiger partial charge in [-0.05, 0) is 79.2 Å². The van der Waals surface area contributed by atoms with Crippen molar-refractivity contribution in [2.24, 2.45) is 5.10 Å². The minimum atomic E-state index is -4.06. The van der Waals surface area contributed by atoms with Gasteiger partial charge in [-0.3, -0.25) is 13.9 Å². The van der Waals surface area contributed by atoms with Crippen molar-refractivity contribution < 1.29 is 18.0 Å². The van der Waals surface area contributed by atoms with E-state index in [9.17, 15) is 18.0 Å². The molecule has 4 aromatic carbocycles. The van der Waals surface area contributed by atoms with Crippen LogP contribution in [-0.4, -0.2) is 32.5 Å². The van der Waals surface area contributed by atoms with Crippen LogP contribution in [0.1, 0.15) is 22.8 Å². The number of rotatable bonds is 9. The van der Waals surface area contributed by atoms with E-state index in [1.54, 1.807) is 85.8 Å². The second-order valence-corrected chi connectivity index (χ2v) is 11.3. The molecule has 0 saturated carbocycles. The Bertz CT molecular complexity index is 1660. The fourth-order valence-electron chi connectivity index (χ4n) is 3.67. The molecular weight excluding hydrogens is 571 g/mol. The summed E-state index contributed by atoms with van der Waals surface area (Å²) in [6, 6.07) is 27.5. The van der Waals surface area contributed by atoms with E-state index >= 15 is 0 Å². The molecular formula is C29H24Cl2N4O4S. The molecule has 2 N–H and O–H groups in total. The molecule has 0 aliphatic carbocycles. The molecule has 2 amide bonds. The summed E-state index contributed by atoms with van der Waals surface area (Å²) < 4.78 is 27.8. The molecule has 0 aliphatic rings. The molecule has 0 atom stereocenters. The summed E-state index contributed by atoms with van der Waals surface area (Å²) in [4.78, 5) is 25.5. The Kier molecular flexibility index (Phi) is 9.21. The predicted molar refractivity (Wildman–Crippen MR) is 159 cm³/mol. The number of amides is 2. The highest BCUT2D eigenvalue weighted by molar-refractivity contribution is 7.92. The maximum atomic E-state index is 13.4. The van der Waals surface area contributed by atoms with Gasteiger partial charge in [-0.25, -0.2) is 13.8 Å². The van der Waals surface area contributed by atoms with E-state index in [0.717, 1.165) is 4.31 Å². The zero-order chi connectivity index (χ0) is 28.7. The van der Waals surface area contributed by atoms with E-state index in [1.807, 2.05) is 0 Å². The van der Waals surface area contributed by atoms with Crippen LogP contribution in [0.5, 0.6) is 0 Å². The van der Waals surface area contributed by atoms with Crippen molar-refractivity contribution in [1.29, 1.82) is 0 Å². The van der Waals surface area contributed by atoms with E-state index in [0.29, 0.717) is 32.6 Å². The van der Waals surface area contributed by atoms with Crippen molar-refractivity contribution in [3.05, 3.63) is 124 Å². The Morgan fingerprint density at radius 1 is 0.800 bits per heavy atom. The summed E-state index contributed by atoms with van der Waals surface area (Å²) in [6.45, 7) is 1.15. The van der Waals surface area contributed by atoms with Crippen LogP contribution in [0.15, 0.2) is 113 Å². The van der Waals surface area contributed by atoms with Crippen LogP contribution < -0.4 is 15.0 Å². The fraction of sp³-hybridized carbons (Fsp3) is 0.0690. The summed E-state index contributed by atoms with van der Waals surface area (Å²) in [7, 11) is -4.06. The van der Waals surface area contributed by atoms with Gasteiger partial charge in [0.15, 0.2) is 0 Å². The number of hydrogen-bond acceptors (Lipinski definition) is 5. The van der Waals surface area contributed by atoms with Crippen molar-refractivity contribution >= 4 is 62.1 Å². The number of anilines is 2.